The molecule has 1 aliphatic rings. The molecule has 0 radical (unpaired) electrons. The van der Waals surface area contributed by atoms with Crippen LogP contribution in [0.2, 0.25) is 5.02 Å². The molecule has 0 bridgehead atoms. The first kappa shape index (κ1) is 18.4. The van der Waals surface area contributed by atoms with E-state index in [2.05, 4.69) is 4.98 Å². The van der Waals surface area contributed by atoms with Gasteiger partial charge in [-0.25, -0.2) is 18.2 Å². The van der Waals surface area contributed by atoms with Gasteiger partial charge >= 0.3 is 5.97 Å². The highest BCUT2D eigenvalue weighted by atomic mass is 35.5. The number of sulfonamides is 1. The van der Waals surface area contributed by atoms with Crippen LogP contribution < -0.4 is 0 Å². The quantitative estimate of drug-likeness (QED) is 0.586. The number of carbonyl (C=O) groups excluding carboxylic acids is 1. The first-order valence-corrected chi connectivity index (χ1v) is 11.0. The predicted octanol–water partition coefficient (Wildman–Crippen LogP) is 3.19. The third-order valence-corrected chi connectivity index (χ3v) is 7.50. The van der Waals surface area contributed by atoms with Gasteiger partial charge in [-0.2, -0.15) is 4.31 Å². The van der Waals surface area contributed by atoms with Crippen molar-refractivity contribution in [3.8, 4) is 0 Å². The van der Waals surface area contributed by atoms with Crippen LogP contribution in [-0.4, -0.2) is 41.2 Å². The molecular formula is C17H16ClN3O4S2. The summed E-state index contributed by atoms with van der Waals surface area (Å²) < 4.78 is 33.9. The molecule has 3 aromatic rings. The fourth-order valence-electron chi connectivity index (χ4n) is 3.01. The number of fused-ring (bicyclic) bond motifs is 1. The van der Waals surface area contributed by atoms with Crippen LogP contribution in [0.15, 0.2) is 40.9 Å². The van der Waals surface area contributed by atoms with Gasteiger partial charge in [0.15, 0.2) is 0 Å². The van der Waals surface area contributed by atoms with Crippen LogP contribution in [0.3, 0.4) is 0 Å². The Hall–Kier alpha value is -1.94. The molecule has 7 nitrogen and oxygen atoms in total. The highest BCUT2D eigenvalue weighted by Crippen LogP contribution is 2.28. The Morgan fingerprint density at radius 2 is 2.00 bits per heavy atom. The van der Waals surface area contributed by atoms with E-state index in [4.69, 9.17) is 16.3 Å². The molecule has 10 heteroatoms. The van der Waals surface area contributed by atoms with Gasteiger partial charge in [0.2, 0.25) is 10.0 Å². The lowest BCUT2D eigenvalue weighted by Gasteiger charge is -2.15. The molecule has 0 amide bonds. The van der Waals surface area contributed by atoms with Crippen molar-refractivity contribution >= 4 is 44.6 Å². The van der Waals surface area contributed by atoms with E-state index in [1.807, 2.05) is 0 Å². The summed E-state index contributed by atoms with van der Waals surface area (Å²) in [5.41, 5.74) is 1.23. The number of esters is 1. The van der Waals surface area contributed by atoms with Crippen LogP contribution in [0.1, 0.15) is 28.2 Å². The zero-order chi connectivity index (χ0) is 19.0. The highest BCUT2D eigenvalue weighted by Gasteiger charge is 2.32. The molecule has 0 aromatic carbocycles. The van der Waals surface area contributed by atoms with Gasteiger partial charge in [-0.3, -0.25) is 0 Å². The van der Waals surface area contributed by atoms with E-state index in [1.165, 1.54) is 10.4 Å². The van der Waals surface area contributed by atoms with Gasteiger partial charge in [0, 0.05) is 25.5 Å². The monoisotopic (exact) mass is 425 g/mol. The smallest absolute Gasteiger partial charge is 0.350 e. The van der Waals surface area contributed by atoms with E-state index in [0.717, 1.165) is 24.2 Å². The number of aromatic nitrogens is 2. The summed E-state index contributed by atoms with van der Waals surface area (Å²) in [5.74, 6) is -0.669. The fraction of sp³-hybridized carbons (Fsp3) is 0.294. The van der Waals surface area contributed by atoms with Crippen molar-refractivity contribution in [2.24, 2.45) is 0 Å². The van der Waals surface area contributed by atoms with E-state index in [0.29, 0.717) is 29.5 Å². The minimum absolute atomic E-state index is 0.0150. The molecule has 0 spiro atoms. The molecule has 0 saturated carbocycles. The lowest BCUT2D eigenvalue weighted by molar-refractivity contribution is 0.0470. The number of hydrogen-bond acceptors (Lipinski definition) is 6. The number of rotatable bonds is 5. The van der Waals surface area contributed by atoms with Gasteiger partial charge in [0.05, 0.1) is 10.7 Å². The number of carbonyl (C=O) groups is 1. The molecule has 0 aliphatic carbocycles. The topological polar surface area (TPSA) is 81.0 Å². The molecule has 1 fully saturated rings. The summed E-state index contributed by atoms with van der Waals surface area (Å²) in [4.78, 5) is 16.9. The third kappa shape index (κ3) is 3.60. The van der Waals surface area contributed by atoms with Crippen LogP contribution in [-0.2, 0) is 21.4 Å². The maximum Gasteiger partial charge on any atom is 0.350 e. The Labute approximate surface area is 165 Å². The van der Waals surface area contributed by atoms with Gasteiger partial charge < -0.3 is 9.14 Å². The van der Waals surface area contributed by atoms with Gasteiger partial charge in [-0.15, -0.1) is 11.3 Å². The molecular weight excluding hydrogens is 410 g/mol. The lowest BCUT2D eigenvalue weighted by Crippen LogP contribution is -2.28. The zero-order valence-electron chi connectivity index (χ0n) is 14.2. The minimum Gasteiger partial charge on any atom is -0.455 e. The van der Waals surface area contributed by atoms with Crippen LogP contribution in [0, 0.1) is 0 Å². The maximum atomic E-state index is 12.7. The number of halogens is 1. The number of thiophene rings is 1. The summed E-state index contributed by atoms with van der Waals surface area (Å²) >= 11 is 7.01. The predicted molar refractivity (Wildman–Crippen MR) is 102 cm³/mol. The largest absolute Gasteiger partial charge is 0.455 e. The number of ether oxygens (including phenoxy) is 1. The highest BCUT2D eigenvalue weighted by molar-refractivity contribution is 7.89. The summed E-state index contributed by atoms with van der Waals surface area (Å²) in [5, 5.41) is 2.16. The van der Waals surface area contributed by atoms with Crippen molar-refractivity contribution in [3.05, 3.63) is 51.6 Å². The molecule has 4 heterocycles. The molecule has 1 saturated heterocycles. The van der Waals surface area contributed by atoms with Crippen LogP contribution in [0.25, 0.3) is 5.65 Å². The third-order valence-electron chi connectivity index (χ3n) is 4.31. The Morgan fingerprint density at radius 1 is 1.22 bits per heavy atom. The second kappa shape index (κ2) is 7.23. The van der Waals surface area contributed by atoms with Gasteiger partial charge in [0.1, 0.15) is 22.0 Å². The Bertz CT molecular complexity index is 1100. The molecule has 0 atom stereocenters. The van der Waals surface area contributed by atoms with Gasteiger partial charge in [-0.1, -0.05) is 11.6 Å². The molecule has 0 unspecified atom stereocenters. The summed E-state index contributed by atoms with van der Waals surface area (Å²) in [6, 6.07) is 4.94. The Morgan fingerprint density at radius 3 is 2.78 bits per heavy atom. The first-order chi connectivity index (χ1) is 12.9. The normalized spacial score (nSPS) is 15.4. The Balaban J connectivity index is 1.51. The molecule has 0 N–H and O–H groups in total. The molecule has 142 valence electrons. The zero-order valence-corrected chi connectivity index (χ0v) is 16.6. The maximum absolute atomic E-state index is 12.7. The van der Waals surface area contributed by atoms with Crippen LogP contribution in [0.5, 0.6) is 0 Å². The van der Waals surface area contributed by atoms with Crippen molar-refractivity contribution in [3.63, 3.8) is 0 Å². The number of imidazole rings is 1. The average Bonchev–Trinajstić information content (AvgIpc) is 3.38. The van der Waals surface area contributed by atoms with Crippen LogP contribution >= 0.6 is 22.9 Å². The molecule has 27 heavy (non-hydrogen) atoms. The van der Waals surface area contributed by atoms with Gasteiger partial charge in [-0.05, 0) is 36.4 Å². The van der Waals surface area contributed by atoms with E-state index >= 15 is 0 Å². The van der Waals surface area contributed by atoms with Crippen molar-refractivity contribution in [1.29, 1.82) is 0 Å². The fourth-order valence-corrected chi connectivity index (χ4v) is 5.98. The van der Waals surface area contributed by atoms with Crippen molar-refractivity contribution in [2.45, 2.75) is 24.3 Å². The van der Waals surface area contributed by atoms with E-state index < -0.39 is 16.0 Å². The summed E-state index contributed by atoms with van der Waals surface area (Å²) in [6.07, 6.45) is 5.09. The molecule has 4 rings (SSSR count). The molecule has 3 aromatic heterocycles. The number of pyridine rings is 1. The molecule has 1 aliphatic heterocycles. The summed E-state index contributed by atoms with van der Waals surface area (Å²) in [6.45, 7) is 0.909. The van der Waals surface area contributed by atoms with E-state index in [9.17, 15) is 13.2 Å². The van der Waals surface area contributed by atoms with Crippen LogP contribution in [0.4, 0.5) is 0 Å². The number of hydrogen-bond donors (Lipinski definition) is 0. The second-order valence-corrected chi connectivity index (χ2v) is 9.41. The van der Waals surface area contributed by atoms with Crippen molar-refractivity contribution < 1.29 is 17.9 Å². The van der Waals surface area contributed by atoms with E-state index in [-0.39, 0.29) is 16.4 Å². The van der Waals surface area contributed by atoms with Crippen molar-refractivity contribution in [1.82, 2.24) is 13.7 Å². The summed E-state index contributed by atoms with van der Waals surface area (Å²) in [7, 11) is -3.67. The first-order valence-electron chi connectivity index (χ1n) is 8.33. The second-order valence-electron chi connectivity index (χ2n) is 6.15. The standard InChI is InChI=1S/C17H16ClN3O4S2/c18-12-3-4-15-19-13(10-20(15)9-12)11-25-17(22)16-14(5-8-26-16)27(23,24)21-6-1-2-7-21/h3-5,8-10H,1-2,6-7,11H2. The van der Waals surface area contributed by atoms with Crippen molar-refractivity contribution in [2.75, 3.05) is 13.1 Å². The Kier molecular flexibility index (Phi) is 4.94. The average molecular weight is 426 g/mol. The van der Waals surface area contributed by atoms with Gasteiger partial charge in [0.25, 0.3) is 0 Å². The SMILES string of the molecule is O=C(OCc1cn2cc(Cl)ccc2n1)c1sccc1S(=O)(=O)N1CCCC1. The minimum atomic E-state index is -3.67. The lowest BCUT2D eigenvalue weighted by atomic mass is 10.4. The van der Waals surface area contributed by atoms with E-state index in [1.54, 1.807) is 34.3 Å². The number of nitrogens with zero attached hydrogens (tertiary/aromatic N) is 3.